The number of hydrogen-bond acceptors (Lipinski definition) is 2. The monoisotopic (exact) mass is 248 g/mol. The predicted octanol–water partition coefficient (Wildman–Crippen LogP) is 3.49. The van der Waals surface area contributed by atoms with Gasteiger partial charge >= 0.3 is 0 Å². The Hall–Kier alpha value is -0.860. The highest BCUT2D eigenvalue weighted by Crippen LogP contribution is 2.37. The van der Waals surface area contributed by atoms with Crippen LogP contribution in [0.2, 0.25) is 0 Å². The van der Waals surface area contributed by atoms with Gasteiger partial charge in [-0.2, -0.15) is 0 Å². The highest BCUT2D eigenvalue weighted by molar-refractivity contribution is 5.31. The molecule has 2 nitrogen and oxygen atoms in total. The van der Waals surface area contributed by atoms with E-state index >= 15 is 0 Å². The highest BCUT2D eigenvalue weighted by atomic mass is 16.5. The molecule has 1 aromatic rings. The number of rotatable bonds is 4. The van der Waals surface area contributed by atoms with Crippen LogP contribution < -0.4 is 0 Å². The maximum Gasteiger partial charge on any atom is 0.0855 e. The molecule has 1 N–H and O–H groups in total. The lowest BCUT2D eigenvalue weighted by Gasteiger charge is -2.36. The predicted molar refractivity (Wildman–Crippen MR) is 73.5 cm³/mol. The van der Waals surface area contributed by atoms with Gasteiger partial charge in [0.2, 0.25) is 0 Å². The van der Waals surface area contributed by atoms with Crippen molar-refractivity contribution in [3.63, 3.8) is 0 Å². The van der Waals surface area contributed by atoms with Gasteiger partial charge < -0.3 is 9.84 Å². The number of hydrogen-bond donors (Lipinski definition) is 1. The molecule has 1 aliphatic heterocycles. The maximum absolute atomic E-state index is 10.7. The summed E-state index contributed by atoms with van der Waals surface area (Å²) in [6, 6.07) is 8.44. The van der Waals surface area contributed by atoms with Crippen LogP contribution in [-0.4, -0.2) is 17.3 Å². The minimum Gasteiger partial charge on any atom is -0.390 e. The zero-order valence-corrected chi connectivity index (χ0v) is 11.6. The molecule has 1 aromatic carbocycles. The molecule has 0 aromatic heterocycles. The molecule has 0 aliphatic carbocycles. The summed E-state index contributed by atoms with van der Waals surface area (Å²) >= 11 is 0. The number of ether oxygens (including phenoxy) is 1. The second kappa shape index (κ2) is 5.41. The Labute approximate surface area is 110 Å². The Morgan fingerprint density at radius 2 is 2.11 bits per heavy atom. The van der Waals surface area contributed by atoms with E-state index in [0.717, 1.165) is 19.4 Å². The van der Waals surface area contributed by atoms with Gasteiger partial charge in [0, 0.05) is 6.42 Å². The highest BCUT2D eigenvalue weighted by Gasteiger charge is 2.34. The molecular weight excluding hydrogens is 224 g/mol. The van der Waals surface area contributed by atoms with Crippen LogP contribution in [0, 0.1) is 5.92 Å². The number of benzene rings is 1. The van der Waals surface area contributed by atoms with Crippen LogP contribution in [-0.2, 0) is 11.2 Å². The zero-order valence-electron chi connectivity index (χ0n) is 11.6. The van der Waals surface area contributed by atoms with Crippen molar-refractivity contribution >= 4 is 0 Å². The maximum atomic E-state index is 10.7. The summed E-state index contributed by atoms with van der Waals surface area (Å²) in [5, 5.41) is 10.7. The van der Waals surface area contributed by atoms with Gasteiger partial charge in [0.1, 0.15) is 0 Å². The SMILES string of the molecule is CCC(O)(CC1OCCc2ccccc21)C(C)C. The molecule has 0 saturated carbocycles. The standard InChI is InChI=1S/C16H24O2/c1-4-16(17,12(2)3)11-15-14-8-6-5-7-13(14)9-10-18-15/h5-8,12,15,17H,4,9-11H2,1-3H3. The van der Waals surface area contributed by atoms with Crippen LogP contribution in [0.15, 0.2) is 24.3 Å². The van der Waals surface area contributed by atoms with E-state index in [-0.39, 0.29) is 12.0 Å². The van der Waals surface area contributed by atoms with Crippen LogP contribution >= 0.6 is 0 Å². The summed E-state index contributed by atoms with van der Waals surface area (Å²) in [5.41, 5.74) is 2.00. The van der Waals surface area contributed by atoms with E-state index in [9.17, 15) is 5.11 Å². The average molecular weight is 248 g/mol. The molecular formula is C16H24O2. The number of aliphatic hydroxyl groups is 1. The average Bonchev–Trinajstić information content (AvgIpc) is 2.39. The first kappa shape index (κ1) is 13.6. The van der Waals surface area contributed by atoms with Gasteiger partial charge in [-0.25, -0.2) is 0 Å². The first-order valence-corrected chi connectivity index (χ1v) is 6.98. The molecule has 0 radical (unpaired) electrons. The van der Waals surface area contributed by atoms with Crippen LogP contribution in [0.3, 0.4) is 0 Å². The lowest BCUT2D eigenvalue weighted by atomic mass is 9.80. The van der Waals surface area contributed by atoms with Crippen LogP contribution in [0.4, 0.5) is 0 Å². The minimum absolute atomic E-state index is 0.0438. The van der Waals surface area contributed by atoms with Crippen molar-refractivity contribution in [2.75, 3.05) is 6.61 Å². The van der Waals surface area contributed by atoms with Crippen LogP contribution in [0.1, 0.15) is 50.8 Å². The molecule has 0 bridgehead atoms. The van der Waals surface area contributed by atoms with Gasteiger partial charge in [0.25, 0.3) is 0 Å². The quantitative estimate of drug-likeness (QED) is 0.884. The summed E-state index contributed by atoms with van der Waals surface area (Å²) in [5.74, 6) is 0.250. The summed E-state index contributed by atoms with van der Waals surface area (Å²) in [7, 11) is 0. The van der Waals surface area contributed by atoms with E-state index in [1.54, 1.807) is 0 Å². The van der Waals surface area contributed by atoms with Crippen molar-refractivity contribution in [1.82, 2.24) is 0 Å². The van der Waals surface area contributed by atoms with E-state index < -0.39 is 5.60 Å². The second-order valence-corrected chi connectivity index (χ2v) is 5.62. The Kier molecular flexibility index (Phi) is 4.08. The third-order valence-corrected chi connectivity index (χ3v) is 4.32. The molecule has 18 heavy (non-hydrogen) atoms. The Morgan fingerprint density at radius 3 is 2.78 bits per heavy atom. The second-order valence-electron chi connectivity index (χ2n) is 5.62. The molecule has 0 spiro atoms. The summed E-state index contributed by atoms with van der Waals surface area (Å²) < 4.78 is 5.89. The molecule has 2 heteroatoms. The largest absolute Gasteiger partial charge is 0.390 e. The topological polar surface area (TPSA) is 29.5 Å². The van der Waals surface area contributed by atoms with Gasteiger partial charge in [-0.1, -0.05) is 45.0 Å². The molecule has 1 heterocycles. The van der Waals surface area contributed by atoms with Crippen molar-refractivity contribution in [2.45, 2.75) is 51.7 Å². The van der Waals surface area contributed by atoms with Crippen molar-refractivity contribution in [3.05, 3.63) is 35.4 Å². The first-order chi connectivity index (χ1) is 8.57. The fraction of sp³-hybridized carbons (Fsp3) is 0.625. The lowest BCUT2D eigenvalue weighted by Crippen LogP contribution is -2.37. The molecule has 100 valence electrons. The Morgan fingerprint density at radius 1 is 1.39 bits per heavy atom. The van der Waals surface area contributed by atoms with E-state index in [4.69, 9.17) is 4.74 Å². The smallest absolute Gasteiger partial charge is 0.0855 e. The van der Waals surface area contributed by atoms with Gasteiger partial charge in [0.15, 0.2) is 0 Å². The fourth-order valence-electron chi connectivity index (χ4n) is 2.76. The molecule has 0 saturated heterocycles. The third kappa shape index (κ3) is 2.60. The fourth-order valence-corrected chi connectivity index (χ4v) is 2.76. The zero-order chi connectivity index (χ0) is 13.2. The lowest BCUT2D eigenvalue weighted by molar-refractivity contribution is -0.0729. The molecule has 0 fully saturated rings. The van der Waals surface area contributed by atoms with E-state index in [0.29, 0.717) is 6.42 Å². The molecule has 0 amide bonds. The van der Waals surface area contributed by atoms with Crippen molar-refractivity contribution in [2.24, 2.45) is 5.92 Å². The van der Waals surface area contributed by atoms with Crippen LogP contribution in [0.25, 0.3) is 0 Å². The van der Waals surface area contributed by atoms with Crippen molar-refractivity contribution in [3.8, 4) is 0 Å². The van der Waals surface area contributed by atoms with Gasteiger partial charge in [0.05, 0.1) is 18.3 Å². The summed E-state index contributed by atoms with van der Waals surface area (Å²) in [6.07, 6.45) is 2.49. The normalized spacial score (nSPS) is 22.6. The van der Waals surface area contributed by atoms with E-state index in [1.807, 2.05) is 0 Å². The number of fused-ring (bicyclic) bond motifs is 1. The summed E-state index contributed by atoms with van der Waals surface area (Å²) in [4.78, 5) is 0. The molecule has 2 rings (SSSR count). The first-order valence-electron chi connectivity index (χ1n) is 6.98. The minimum atomic E-state index is -0.630. The van der Waals surface area contributed by atoms with Crippen LogP contribution in [0.5, 0.6) is 0 Å². The molecule has 2 atom stereocenters. The van der Waals surface area contributed by atoms with Gasteiger partial charge in [-0.05, 0) is 29.9 Å². The summed E-state index contributed by atoms with van der Waals surface area (Å²) in [6.45, 7) is 6.98. The van der Waals surface area contributed by atoms with E-state index in [2.05, 4.69) is 45.0 Å². The molecule has 2 unspecified atom stereocenters. The van der Waals surface area contributed by atoms with Gasteiger partial charge in [-0.15, -0.1) is 0 Å². The molecule has 1 aliphatic rings. The Balaban J connectivity index is 2.21. The van der Waals surface area contributed by atoms with Gasteiger partial charge in [-0.3, -0.25) is 0 Å². The van der Waals surface area contributed by atoms with Crippen molar-refractivity contribution in [1.29, 1.82) is 0 Å². The third-order valence-electron chi connectivity index (χ3n) is 4.32. The Bertz CT molecular complexity index is 400. The van der Waals surface area contributed by atoms with Crippen molar-refractivity contribution < 1.29 is 9.84 Å². The van der Waals surface area contributed by atoms with E-state index in [1.165, 1.54) is 11.1 Å².